The highest BCUT2D eigenvalue weighted by Gasteiger charge is 2.10. The third kappa shape index (κ3) is 6.44. The molecule has 138 valence electrons. The normalized spacial score (nSPS) is 10.3. The number of anilines is 1. The molecule has 0 aromatic heterocycles. The van der Waals surface area contributed by atoms with Crippen LogP contribution in [0.1, 0.15) is 18.1 Å². The predicted molar refractivity (Wildman–Crippen MR) is 118 cm³/mol. The summed E-state index contributed by atoms with van der Waals surface area (Å²) in [6.07, 6.45) is 0. The van der Waals surface area contributed by atoms with E-state index in [1.54, 1.807) is 11.8 Å². The Balaban J connectivity index is 2.27. The number of nitrogens with two attached hydrogens (primary N) is 2. The number of benzene rings is 2. The van der Waals surface area contributed by atoms with Crippen molar-refractivity contribution in [1.29, 1.82) is 5.41 Å². The van der Waals surface area contributed by atoms with Crippen molar-refractivity contribution in [1.82, 2.24) is 5.32 Å². The van der Waals surface area contributed by atoms with Crippen LogP contribution in [0.3, 0.4) is 0 Å². The second-order valence-corrected chi connectivity index (χ2v) is 7.97. The van der Waals surface area contributed by atoms with Gasteiger partial charge >= 0.3 is 0 Å². The molecular formula is C18H23N5S3. The third-order valence-electron chi connectivity index (χ3n) is 3.47. The van der Waals surface area contributed by atoms with Gasteiger partial charge in [0.25, 0.3) is 0 Å². The van der Waals surface area contributed by atoms with Crippen LogP contribution in [0, 0.1) is 5.41 Å². The molecule has 0 aliphatic heterocycles. The first-order valence-electron chi connectivity index (χ1n) is 8.12. The number of rotatable bonds is 8. The van der Waals surface area contributed by atoms with Gasteiger partial charge in [-0.05, 0) is 54.5 Å². The lowest BCUT2D eigenvalue weighted by Crippen LogP contribution is -2.28. The zero-order valence-electron chi connectivity index (χ0n) is 14.5. The van der Waals surface area contributed by atoms with E-state index >= 15 is 0 Å². The van der Waals surface area contributed by atoms with E-state index in [2.05, 4.69) is 47.9 Å². The zero-order valence-corrected chi connectivity index (χ0v) is 17.0. The van der Waals surface area contributed by atoms with Crippen molar-refractivity contribution in [3.05, 3.63) is 53.6 Å². The first-order chi connectivity index (χ1) is 12.5. The van der Waals surface area contributed by atoms with Gasteiger partial charge in [0.05, 0.1) is 0 Å². The molecule has 8 heteroatoms. The SMILES string of the molecule is CCNc1ccc(Sc2ccccc2CSC(=N)N)c(CNC(N)=S)c1. The predicted octanol–water partition coefficient (Wildman–Crippen LogP) is 3.73. The number of thioether (sulfide) groups is 1. The molecule has 0 radical (unpaired) electrons. The molecule has 0 saturated carbocycles. The fourth-order valence-corrected chi connectivity index (χ4v) is 4.09. The maximum Gasteiger partial charge on any atom is 0.163 e. The standard InChI is InChI=1S/C18H23N5S3/c1-2-22-14-7-8-16(13(9-14)10-23-18(21)24)26-15-6-4-3-5-12(15)11-25-17(19)20/h3-9,22H,2,10-11H2,1H3,(H3,19,20)(H3,21,23,24). The summed E-state index contributed by atoms with van der Waals surface area (Å²) >= 11 is 7.96. The largest absolute Gasteiger partial charge is 0.385 e. The number of thiocarbonyl (C=S) groups is 1. The lowest BCUT2D eigenvalue weighted by molar-refractivity contribution is 0.896. The average Bonchev–Trinajstić information content (AvgIpc) is 2.61. The molecule has 7 N–H and O–H groups in total. The molecule has 0 fully saturated rings. The Labute approximate surface area is 168 Å². The van der Waals surface area contributed by atoms with Crippen LogP contribution in [0.4, 0.5) is 5.69 Å². The lowest BCUT2D eigenvalue weighted by Gasteiger charge is -2.15. The Bertz CT molecular complexity index is 779. The van der Waals surface area contributed by atoms with E-state index in [-0.39, 0.29) is 10.3 Å². The van der Waals surface area contributed by atoms with E-state index in [9.17, 15) is 0 Å². The first-order valence-corrected chi connectivity index (χ1v) is 10.3. The molecule has 0 spiro atoms. The van der Waals surface area contributed by atoms with Crippen molar-refractivity contribution in [2.24, 2.45) is 11.5 Å². The van der Waals surface area contributed by atoms with Crippen LogP contribution in [0.15, 0.2) is 52.3 Å². The van der Waals surface area contributed by atoms with Gasteiger partial charge in [-0.3, -0.25) is 5.41 Å². The minimum atomic E-state index is 0.126. The summed E-state index contributed by atoms with van der Waals surface area (Å²) in [5.74, 6) is 0.675. The summed E-state index contributed by atoms with van der Waals surface area (Å²) in [4.78, 5) is 2.28. The van der Waals surface area contributed by atoms with Gasteiger partial charge in [0, 0.05) is 34.3 Å². The third-order valence-corrected chi connectivity index (χ3v) is 5.62. The molecule has 0 saturated heterocycles. The summed E-state index contributed by atoms with van der Waals surface area (Å²) < 4.78 is 0. The molecule has 0 unspecified atom stereocenters. The molecule has 2 aromatic rings. The Hall–Kier alpha value is -1.90. The molecule has 0 amide bonds. The van der Waals surface area contributed by atoms with Gasteiger partial charge in [0.15, 0.2) is 10.3 Å². The van der Waals surface area contributed by atoms with E-state index in [0.717, 1.165) is 33.2 Å². The smallest absolute Gasteiger partial charge is 0.163 e. The van der Waals surface area contributed by atoms with Crippen LogP contribution in [0.25, 0.3) is 0 Å². The molecular weight excluding hydrogens is 382 g/mol. The first kappa shape index (κ1) is 20.4. The number of hydrogen-bond donors (Lipinski definition) is 5. The average molecular weight is 406 g/mol. The van der Waals surface area contributed by atoms with Crippen molar-refractivity contribution >= 4 is 51.7 Å². The lowest BCUT2D eigenvalue weighted by atomic mass is 10.2. The Kier molecular flexibility index (Phi) is 8.08. The van der Waals surface area contributed by atoms with Gasteiger partial charge in [-0.2, -0.15) is 0 Å². The molecule has 26 heavy (non-hydrogen) atoms. The minimum Gasteiger partial charge on any atom is -0.385 e. The van der Waals surface area contributed by atoms with Gasteiger partial charge in [-0.15, -0.1) is 0 Å². The van der Waals surface area contributed by atoms with Gasteiger partial charge in [-0.25, -0.2) is 0 Å². The van der Waals surface area contributed by atoms with E-state index < -0.39 is 0 Å². The van der Waals surface area contributed by atoms with Crippen LogP contribution in [0.5, 0.6) is 0 Å². The Morgan fingerprint density at radius 1 is 1.12 bits per heavy atom. The van der Waals surface area contributed by atoms with Crippen LogP contribution in [-0.2, 0) is 12.3 Å². The summed E-state index contributed by atoms with van der Waals surface area (Å²) in [6, 6.07) is 14.5. The van der Waals surface area contributed by atoms with Crippen LogP contribution < -0.4 is 22.1 Å². The number of nitrogens with one attached hydrogen (secondary N) is 3. The molecule has 5 nitrogen and oxygen atoms in total. The Morgan fingerprint density at radius 3 is 2.54 bits per heavy atom. The highest BCUT2D eigenvalue weighted by atomic mass is 32.2. The second kappa shape index (κ2) is 10.3. The molecule has 2 rings (SSSR count). The molecule has 2 aromatic carbocycles. The van der Waals surface area contributed by atoms with Crippen LogP contribution in [-0.4, -0.2) is 16.8 Å². The van der Waals surface area contributed by atoms with Gasteiger partial charge in [0.1, 0.15) is 0 Å². The molecule has 0 atom stereocenters. The van der Waals surface area contributed by atoms with Crippen molar-refractivity contribution < 1.29 is 0 Å². The summed E-state index contributed by atoms with van der Waals surface area (Å²) in [6.45, 7) is 3.50. The summed E-state index contributed by atoms with van der Waals surface area (Å²) in [7, 11) is 0. The van der Waals surface area contributed by atoms with Crippen molar-refractivity contribution in [3.63, 3.8) is 0 Å². The monoisotopic (exact) mass is 405 g/mol. The van der Waals surface area contributed by atoms with Crippen molar-refractivity contribution in [2.45, 2.75) is 29.0 Å². The van der Waals surface area contributed by atoms with Crippen LogP contribution in [0.2, 0.25) is 0 Å². The maximum atomic E-state index is 7.42. The molecule has 0 aliphatic rings. The van der Waals surface area contributed by atoms with E-state index in [4.69, 9.17) is 29.1 Å². The summed E-state index contributed by atoms with van der Waals surface area (Å²) in [5, 5.41) is 14.2. The van der Waals surface area contributed by atoms with Crippen LogP contribution >= 0.6 is 35.7 Å². The molecule has 0 bridgehead atoms. The highest BCUT2D eigenvalue weighted by molar-refractivity contribution is 8.13. The van der Waals surface area contributed by atoms with Crippen molar-refractivity contribution in [3.8, 4) is 0 Å². The topological polar surface area (TPSA) is 100.0 Å². The molecule has 0 heterocycles. The Morgan fingerprint density at radius 2 is 1.85 bits per heavy atom. The van der Waals surface area contributed by atoms with Gasteiger partial charge in [-0.1, -0.05) is 41.7 Å². The number of amidine groups is 1. The second-order valence-electron chi connectivity index (χ2n) is 5.43. The van der Waals surface area contributed by atoms with Crippen molar-refractivity contribution in [2.75, 3.05) is 11.9 Å². The van der Waals surface area contributed by atoms with E-state index in [1.807, 2.05) is 12.1 Å². The number of hydrogen-bond acceptors (Lipinski definition) is 5. The fourth-order valence-electron chi connectivity index (χ4n) is 2.31. The quantitative estimate of drug-likeness (QED) is 0.259. The zero-order chi connectivity index (χ0) is 18.9. The van der Waals surface area contributed by atoms with Gasteiger partial charge in [0.2, 0.25) is 0 Å². The summed E-state index contributed by atoms with van der Waals surface area (Å²) in [5.41, 5.74) is 14.4. The fraction of sp³-hybridized carbons (Fsp3) is 0.222. The van der Waals surface area contributed by atoms with E-state index in [0.29, 0.717) is 12.3 Å². The van der Waals surface area contributed by atoms with E-state index in [1.165, 1.54) is 11.8 Å². The highest BCUT2D eigenvalue weighted by Crippen LogP contribution is 2.35. The minimum absolute atomic E-state index is 0.126. The maximum absolute atomic E-state index is 7.42. The molecule has 0 aliphatic carbocycles. The van der Waals surface area contributed by atoms with Gasteiger partial charge < -0.3 is 22.1 Å².